The Morgan fingerprint density at radius 1 is 1.14 bits per heavy atom. The lowest BCUT2D eigenvalue weighted by atomic mass is 10.1. The van der Waals surface area contributed by atoms with Crippen molar-refractivity contribution < 1.29 is 9.53 Å². The molecule has 0 spiro atoms. The molecule has 1 aromatic carbocycles. The van der Waals surface area contributed by atoms with Gasteiger partial charge in [-0.2, -0.15) is 0 Å². The van der Waals surface area contributed by atoms with Crippen LogP contribution in [0.1, 0.15) is 52.1 Å². The van der Waals surface area contributed by atoms with Crippen LogP contribution in [0.15, 0.2) is 33.9 Å². The van der Waals surface area contributed by atoms with Gasteiger partial charge in [0.15, 0.2) is 11.3 Å². The monoisotopic (exact) mass is 572 g/mol. The van der Waals surface area contributed by atoms with Crippen LogP contribution in [0.3, 0.4) is 0 Å². The lowest BCUT2D eigenvalue weighted by Crippen LogP contribution is -2.49. The summed E-state index contributed by atoms with van der Waals surface area (Å²) in [6.45, 7) is 10.3. The van der Waals surface area contributed by atoms with Crippen LogP contribution in [0.4, 0.5) is 10.7 Å². The van der Waals surface area contributed by atoms with E-state index in [0.29, 0.717) is 24.9 Å². The Morgan fingerprint density at radius 2 is 1.90 bits per heavy atom. The molecule has 1 aliphatic rings. The van der Waals surface area contributed by atoms with Gasteiger partial charge in [0.1, 0.15) is 17.7 Å². The van der Waals surface area contributed by atoms with Crippen LogP contribution in [0.2, 0.25) is 0 Å². The van der Waals surface area contributed by atoms with E-state index in [1.165, 1.54) is 9.36 Å². The number of piperidine rings is 1. The summed E-state index contributed by atoms with van der Waals surface area (Å²) in [5, 5.41) is 3.87. The molecular weight excluding hydrogens is 536 g/mol. The molecular formula is C30H36N8O4. The molecule has 4 aromatic rings. The number of ether oxygens (including phenoxy) is 1. The first-order chi connectivity index (χ1) is 20.0. The van der Waals surface area contributed by atoms with Crippen LogP contribution in [-0.4, -0.2) is 59.7 Å². The number of benzene rings is 1. The Balaban J connectivity index is 1.55. The standard InChI is InChI=1S/C30H36N8O4/c1-7-8-16-37-25-24(34-28(37)36-15-11-12-20(17-36)32-29(41)42-30(3,4)5)26(39)35(6)38(27(25)40)18-23-31-19(2)21-13-9-10-14-22(21)33-23/h9-10,13-14,20H,11-12,15-18H2,1-6H3,(H,32,41)/t20-/m1/s1. The smallest absolute Gasteiger partial charge is 0.407 e. The van der Waals surface area contributed by atoms with Gasteiger partial charge in [0, 0.05) is 37.3 Å². The van der Waals surface area contributed by atoms with Crippen molar-refractivity contribution in [1.29, 1.82) is 0 Å². The minimum atomic E-state index is -0.609. The number of imidazole rings is 1. The third-order valence-electron chi connectivity index (χ3n) is 7.21. The second-order valence-corrected chi connectivity index (χ2v) is 11.5. The van der Waals surface area contributed by atoms with E-state index in [1.807, 2.05) is 56.9 Å². The van der Waals surface area contributed by atoms with Crippen LogP contribution in [0.25, 0.3) is 21.9 Å². The molecule has 0 unspecified atom stereocenters. The highest BCUT2D eigenvalue weighted by Gasteiger charge is 2.29. The van der Waals surface area contributed by atoms with Gasteiger partial charge < -0.3 is 15.0 Å². The van der Waals surface area contributed by atoms with E-state index in [2.05, 4.69) is 32.1 Å². The van der Waals surface area contributed by atoms with Gasteiger partial charge in [-0.15, -0.1) is 5.92 Å². The Kier molecular flexibility index (Phi) is 7.77. The van der Waals surface area contributed by atoms with Gasteiger partial charge in [0.05, 0.1) is 12.1 Å². The highest BCUT2D eigenvalue weighted by molar-refractivity contribution is 5.80. The van der Waals surface area contributed by atoms with Gasteiger partial charge in [-0.25, -0.2) is 29.1 Å². The van der Waals surface area contributed by atoms with Crippen LogP contribution in [0.5, 0.6) is 0 Å². The summed E-state index contributed by atoms with van der Waals surface area (Å²) in [5.74, 6) is 6.79. The van der Waals surface area contributed by atoms with Crippen LogP contribution < -0.4 is 21.3 Å². The van der Waals surface area contributed by atoms with E-state index in [-0.39, 0.29) is 30.2 Å². The lowest BCUT2D eigenvalue weighted by Gasteiger charge is -2.34. The van der Waals surface area contributed by atoms with E-state index < -0.39 is 22.8 Å². The third kappa shape index (κ3) is 5.72. The van der Waals surface area contributed by atoms with Crippen molar-refractivity contribution in [2.75, 3.05) is 18.0 Å². The highest BCUT2D eigenvalue weighted by atomic mass is 16.6. The van der Waals surface area contributed by atoms with E-state index in [0.717, 1.165) is 29.4 Å². The number of fused-ring (bicyclic) bond motifs is 2. The fraction of sp³-hybridized carbons (Fsp3) is 0.467. The predicted molar refractivity (Wildman–Crippen MR) is 161 cm³/mol. The fourth-order valence-corrected chi connectivity index (χ4v) is 5.31. The molecule has 5 rings (SSSR count). The largest absolute Gasteiger partial charge is 0.444 e. The second kappa shape index (κ2) is 11.3. The molecule has 12 heteroatoms. The number of para-hydroxylation sites is 1. The SMILES string of the molecule is CC#CCn1c(N2CCC[C@@H](NC(=O)OC(C)(C)C)C2)nc2c(=O)n(C)n(Cc3nc(C)c4ccccc4n3)c(=O)c21. The first kappa shape index (κ1) is 28.9. The summed E-state index contributed by atoms with van der Waals surface area (Å²) in [4.78, 5) is 56.0. The van der Waals surface area contributed by atoms with Crippen molar-refractivity contribution in [2.45, 2.75) is 72.2 Å². The van der Waals surface area contributed by atoms with Crippen molar-refractivity contribution in [1.82, 2.24) is 34.2 Å². The topological polar surface area (TPSA) is 129 Å². The summed E-state index contributed by atoms with van der Waals surface area (Å²) in [5.41, 5.74) is 0.400. The molecule has 1 atom stereocenters. The van der Waals surface area contributed by atoms with Crippen molar-refractivity contribution in [2.24, 2.45) is 7.05 Å². The summed E-state index contributed by atoms with van der Waals surface area (Å²) in [7, 11) is 1.54. The lowest BCUT2D eigenvalue weighted by molar-refractivity contribution is 0.0499. The Labute approximate surface area is 243 Å². The van der Waals surface area contributed by atoms with Gasteiger partial charge in [-0.1, -0.05) is 24.1 Å². The van der Waals surface area contributed by atoms with E-state index in [1.54, 1.807) is 18.5 Å². The molecule has 4 heterocycles. The van der Waals surface area contributed by atoms with Gasteiger partial charge >= 0.3 is 6.09 Å². The third-order valence-corrected chi connectivity index (χ3v) is 7.21. The van der Waals surface area contributed by atoms with E-state index >= 15 is 0 Å². The fourth-order valence-electron chi connectivity index (χ4n) is 5.31. The number of hydrogen-bond acceptors (Lipinski definition) is 8. The number of carbonyl (C=O) groups excluding carboxylic acids is 1. The Hall–Kier alpha value is -4.66. The van der Waals surface area contributed by atoms with Crippen molar-refractivity contribution in [3.63, 3.8) is 0 Å². The maximum atomic E-state index is 14.0. The highest BCUT2D eigenvalue weighted by Crippen LogP contribution is 2.23. The normalized spacial score (nSPS) is 15.5. The number of aromatic nitrogens is 6. The minimum absolute atomic E-state index is 0.0117. The zero-order chi connectivity index (χ0) is 30.2. The average Bonchev–Trinajstić information content (AvgIpc) is 3.32. The molecule has 12 nitrogen and oxygen atoms in total. The zero-order valence-electron chi connectivity index (χ0n) is 24.9. The van der Waals surface area contributed by atoms with E-state index in [4.69, 9.17) is 4.74 Å². The van der Waals surface area contributed by atoms with Crippen LogP contribution in [0, 0.1) is 18.8 Å². The average molecular weight is 573 g/mol. The Morgan fingerprint density at radius 3 is 2.64 bits per heavy atom. The van der Waals surface area contributed by atoms with Gasteiger partial charge in [-0.3, -0.25) is 14.2 Å². The predicted octanol–water partition coefficient (Wildman–Crippen LogP) is 2.71. The molecule has 0 radical (unpaired) electrons. The number of carbonyl (C=O) groups is 1. The second-order valence-electron chi connectivity index (χ2n) is 11.5. The zero-order valence-corrected chi connectivity index (χ0v) is 24.9. The first-order valence-corrected chi connectivity index (χ1v) is 14.0. The number of aryl methyl sites for hydroxylation is 1. The van der Waals surface area contributed by atoms with Crippen molar-refractivity contribution in [3.8, 4) is 11.8 Å². The van der Waals surface area contributed by atoms with Crippen LogP contribution in [-0.2, 0) is 24.9 Å². The molecule has 3 aromatic heterocycles. The molecule has 0 bridgehead atoms. The molecule has 1 saturated heterocycles. The summed E-state index contributed by atoms with van der Waals surface area (Å²) in [6.07, 6.45) is 1.07. The molecule has 0 saturated carbocycles. The number of rotatable bonds is 5. The van der Waals surface area contributed by atoms with Gasteiger partial charge in [0.2, 0.25) is 5.95 Å². The van der Waals surface area contributed by atoms with Crippen LogP contribution >= 0.6 is 0 Å². The first-order valence-electron chi connectivity index (χ1n) is 14.0. The summed E-state index contributed by atoms with van der Waals surface area (Å²) < 4.78 is 9.76. The number of nitrogens with one attached hydrogen (secondary N) is 1. The molecule has 1 amide bonds. The number of anilines is 1. The summed E-state index contributed by atoms with van der Waals surface area (Å²) >= 11 is 0. The molecule has 0 aliphatic carbocycles. The maximum Gasteiger partial charge on any atom is 0.407 e. The Bertz CT molecular complexity index is 1850. The van der Waals surface area contributed by atoms with Gasteiger partial charge in [0.25, 0.3) is 11.1 Å². The molecule has 1 fully saturated rings. The number of nitrogens with zero attached hydrogens (tertiary/aromatic N) is 7. The van der Waals surface area contributed by atoms with Gasteiger partial charge in [-0.05, 0) is 53.5 Å². The van der Waals surface area contributed by atoms with Crippen molar-refractivity contribution in [3.05, 3.63) is 56.5 Å². The molecule has 220 valence electrons. The van der Waals surface area contributed by atoms with Crippen molar-refractivity contribution >= 4 is 34.0 Å². The van der Waals surface area contributed by atoms with E-state index in [9.17, 15) is 14.4 Å². The maximum absolute atomic E-state index is 14.0. The molecule has 42 heavy (non-hydrogen) atoms. The number of alkyl carbamates (subject to hydrolysis) is 1. The molecule has 1 N–H and O–H groups in total. The molecule has 1 aliphatic heterocycles. The number of hydrogen-bond donors (Lipinski definition) is 1. The summed E-state index contributed by atoms with van der Waals surface area (Å²) in [6, 6.07) is 7.48. The minimum Gasteiger partial charge on any atom is -0.444 e. The number of amides is 1. The quantitative estimate of drug-likeness (QED) is 0.362.